The minimum absolute atomic E-state index is 0.0601. The maximum absolute atomic E-state index is 12.1. The number of likely N-dealkylation sites (N-methyl/N-ethyl adjacent to an activating group) is 1. The number of anilines is 2. The number of morpholine rings is 1. The van der Waals surface area contributed by atoms with Gasteiger partial charge in [0, 0.05) is 19.2 Å². The number of hydrogen-bond donors (Lipinski definition) is 2. The highest BCUT2D eigenvalue weighted by Gasteiger charge is 2.30. The molecule has 0 aliphatic carbocycles. The Kier molecular flexibility index (Phi) is 5.02. The van der Waals surface area contributed by atoms with Crippen molar-refractivity contribution in [1.82, 2.24) is 15.3 Å². The van der Waals surface area contributed by atoms with E-state index in [0.717, 1.165) is 0 Å². The molecule has 7 nitrogen and oxygen atoms in total. The highest BCUT2D eigenvalue weighted by Crippen LogP contribution is 2.22. The summed E-state index contributed by atoms with van der Waals surface area (Å²) in [5.74, 6) is 1.01. The van der Waals surface area contributed by atoms with Crippen LogP contribution in [0.1, 0.15) is 6.92 Å². The number of nitrogen functional groups attached to an aromatic ring is 1. The van der Waals surface area contributed by atoms with E-state index in [4.69, 9.17) is 10.5 Å². The number of thioether (sulfide) groups is 1. The summed E-state index contributed by atoms with van der Waals surface area (Å²) in [5.41, 5.74) is 5.80. The van der Waals surface area contributed by atoms with Gasteiger partial charge in [0.15, 0.2) is 5.16 Å². The molecular formula is C12H19N5O2S. The van der Waals surface area contributed by atoms with Crippen LogP contribution in [0.25, 0.3) is 0 Å². The minimum Gasteiger partial charge on any atom is -0.383 e. The summed E-state index contributed by atoms with van der Waals surface area (Å²) in [6, 6.07) is 1.31. The monoisotopic (exact) mass is 297 g/mol. The van der Waals surface area contributed by atoms with Crippen LogP contribution in [0.5, 0.6) is 0 Å². The van der Waals surface area contributed by atoms with Gasteiger partial charge in [0.05, 0.1) is 13.2 Å². The Bertz CT molecular complexity index is 485. The average molecular weight is 297 g/mol. The van der Waals surface area contributed by atoms with Gasteiger partial charge in [-0.25, -0.2) is 9.97 Å². The third kappa shape index (κ3) is 3.31. The molecule has 1 aliphatic rings. The molecule has 20 heavy (non-hydrogen) atoms. The number of rotatable bonds is 4. The first-order valence-corrected chi connectivity index (χ1v) is 7.68. The summed E-state index contributed by atoms with van der Waals surface area (Å²) in [6.07, 6.45) is 1.89. The fraction of sp³-hybridized carbons (Fsp3) is 0.583. The Labute approximate surface area is 122 Å². The van der Waals surface area contributed by atoms with Crippen LogP contribution >= 0.6 is 11.8 Å². The molecule has 0 bridgehead atoms. The first kappa shape index (κ1) is 14.9. The summed E-state index contributed by atoms with van der Waals surface area (Å²) < 4.78 is 5.41. The standard InChI is InChI=1S/C12H19N5O2S/c1-3-14-11(18)8-7-19-5-4-17(8)10-6-9(13)15-12(16-10)20-2/h6,8H,3-5,7H2,1-2H3,(H,14,18)(H2,13,15,16). The van der Waals surface area contributed by atoms with Crippen molar-refractivity contribution in [2.75, 3.05) is 43.2 Å². The van der Waals surface area contributed by atoms with E-state index in [0.29, 0.717) is 43.1 Å². The summed E-state index contributed by atoms with van der Waals surface area (Å²) in [5, 5.41) is 3.42. The summed E-state index contributed by atoms with van der Waals surface area (Å²) in [6.45, 7) is 4.00. The van der Waals surface area contributed by atoms with E-state index >= 15 is 0 Å². The van der Waals surface area contributed by atoms with Gasteiger partial charge < -0.3 is 20.7 Å². The summed E-state index contributed by atoms with van der Waals surface area (Å²) >= 11 is 1.42. The second-order valence-corrected chi connectivity index (χ2v) is 5.09. The molecule has 1 aromatic rings. The SMILES string of the molecule is CCNC(=O)C1COCCN1c1cc(N)nc(SC)n1. The van der Waals surface area contributed by atoms with Crippen molar-refractivity contribution in [3.8, 4) is 0 Å². The number of hydrogen-bond acceptors (Lipinski definition) is 7. The van der Waals surface area contributed by atoms with Gasteiger partial charge in [0.25, 0.3) is 0 Å². The Balaban J connectivity index is 2.27. The number of amides is 1. The van der Waals surface area contributed by atoms with Crippen molar-refractivity contribution in [3.05, 3.63) is 6.07 Å². The van der Waals surface area contributed by atoms with Crippen LogP contribution in [0.15, 0.2) is 11.2 Å². The lowest BCUT2D eigenvalue weighted by Crippen LogP contribution is -2.54. The maximum Gasteiger partial charge on any atom is 0.245 e. The van der Waals surface area contributed by atoms with E-state index in [9.17, 15) is 4.79 Å². The van der Waals surface area contributed by atoms with Crippen molar-refractivity contribution in [1.29, 1.82) is 0 Å². The molecule has 1 saturated heterocycles. The van der Waals surface area contributed by atoms with Crippen molar-refractivity contribution in [2.24, 2.45) is 0 Å². The molecule has 8 heteroatoms. The fourth-order valence-electron chi connectivity index (χ4n) is 2.06. The molecule has 3 N–H and O–H groups in total. The van der Waals surface area contributed by atoms with Crippen molar-refractivity contribution < 1.29 is 9.53 Å². The molecule has 1 amide bonds. The second kappa shape index (κ2) is 6.76. The zero-order chi connectivity index (χ0) is 14.5. The predicted molar refractivity (Wildman–Crippen MR) is 78.9 cm³/mol. The zero-order valence-electron chi connectivity index (χ0n) is 11.6. The van der Waals surface area contributed by atoms with Crippen molar-refractivity contribution in [3.63, 3.8) is 0 Å². The van der Waals surface area contributed by atoms with E-state index in [2.05, 4.69) is 15.3 Å². The highest BCUT2D eigenvalue weighted by molar-refractivity contribution is 7.98. The fourth-order valence-corrected chi connectivity index (χ4v) is 2.44. The zero-order valence-corrected chi connectivity index (χ0v) is 12.4. The van der Waals surface area contributed by atoms with Gasteiger partial charge in [-0.1, -0.05) is 11.8 Å². The first-order chi connectivity index (χ1) is 9.65. The first-order valence-electron chi connectivity index (χ1n) is 6.46. The van der Waals surface area contributed by atoms with Gasteiger partial charge in [-0.2, -0.15) is 0 Å². The lowest BCUT2D eigenvalue weighted by Gasteiger charge is -2.35. The molecule has 0 spiro atoms. The van der Waals surface area contributed by atoms with Crippen LogP contribution in [0, 0.1) is 0 Å². The number of aromatic nitrogens is 2. The quantitative estimate of drug-likeness (QED) is 0.602. The predicted octanol–water partition coefficient (Wildman–Crippen LogP) is 0.122. The number of nitrogens with one attached hydrogen (secondary N) is 1. The van der Waals surface area contributed by atoms with Gasteiger partial charge in [-0.15, -0.1) is 0 Å². The molecule has 0 radical (unpaired) electrons. The molecule has 1 aliphatic heterocycles. The third-order valence-corrected chi connectivity index (χ3v) is 3.52. The Morgan fingerprint density at radius 1 is 1.65 bits per heavy atom. The molecule has 110 valence electrons. The molecule has 1 aromatic heterocycles. The van der Waals surface area contributed by atoms with E-state index < -0.39 is 0 Å². The largest absolute Gasteiger partial charge is 0.383 e. The third-order valence-electron chi connectivity index (χ3n) is 2.97. The Morgan fingerprint density at radius 2 is 2.45 bits per heavy atom. The van der Waals surface area contributed by atoms with Gasteiger partial charge in [-0.3, -0.25) is 4.79 Å². The molecule has 0 aromatic carbocycles. The number of nitrogens with two attached hydrogens (primary N) is 1. The van der Waals surface area contributed by atoms with Crippen LogP contribution in [-0.2, 0) is 9.53 Å². The van der Waals surface area contributed by atoms with Crippen LogP contribution in [0.4, 0.5) is 11.6 Å². The Hall–Kier alpha value is -1.54. The highest BCUT2D eigenvalue weighted by atomic mass is 32.2. The molecule has 2 rings (SSSR count). The molecule has 1 atom stereocenters. The van der Waals surface area contributed by atoms with E-state index in [-0.39, 0.29) is 11.9 Å². The molecule has 1 fully saturated rings. The Morgan fingerprint density at radius 3 is 3.15 bits per heavy atom. The van der Waals surface area contributed by atoms with Crippen LogP contribution in [0.3, 0.4) is 0 Å². The van der Waals surface area contributed by atoms with E-state index in [1.54, 1.807) is 6.07 Å². The molecule has 0 saturated carbocycles. The minimum atomic E-state index is -0.382. The van der Waals surface area contributed by atoms with Gasteiger partial charge >= 0.3 is 0 Å². The lowest BCUT2D eigenvalue weighted by atomic mass is 10.2. The van der Waals surface area contributed by atoms with E-state index in [1.165, 1.54) is 11.8 Å². The van der Waals surface area contributed by atoms with Crippen LogP contribution in [0.2, 0.25) is 0 Å². The van der Waals surface area contributed by atoms with Crippen LogP contribution < -0.4 is 16.0 Å². The maximum atomic E-state index is 12.1. The number of carbonyl (C=O) groups excluding carboxylic acids is 1. The normalized spacial score (nSPS) is 18.9. The van der Waals surface area contributed by atoms with Gasteiger partial charge in [-0.05, 0) is 13.2 Å². The molecule has 2 heterocycles. The summed E-state index contributed by atoms with van der Waals surface area (Å²) in [7, 11) is 0. The lowest BCUT2D eigenvalue weighted by molar-refractivity contribution is -0.124. The van der Waals surface area contributed by atoms with Crippen molar-refractivity contribution in [2.45, 2.75) is 18.1 Å². The van der Waals surface area contributed by atoms with Gasteiger partial charge in [0.1, 0.15) is 17.7 Å². The number of nitrogens with zero attached hydrogens (tertiary/aromatic N) is 3. The summed E-state index contributed by atoms with van der Waals surface area (Å²) in [4.78, 5) is 22.6. The topological polar surface area (TPSA) is 93.4 Å². The molecule has 1 unspecified atom stereocenters. The van der Waals surface area contributed by atoms with E-state index in [1.807, 2.05) is 18.1 Å². The van der Waals surface area contributed by atoms with Crippen LogP contribution in [-0.4, -0.2) is 54.5 Å². The van der Waals surface area contributed by atoms with Crippen molar-refractivity contribution >= 4 is 29.3 Å². The van der Waals surface area contributed by atoms with Gasteiger partial charge in [0.2, 0.25) is 5.91 Å². The second-order valence-electron chi connectivity index (χ2n) is 4.32. The smallest absolute Gasteiger partial charge is 0.245 e. The average Bonchev–Trinajstić information content (AvgIpc) is 2.46. The molecular weight excluding hydrogens is 278 g/mol. The number of ether oxygens (including phenoxy) is 1. The number of carbonyl (C=O) groups is 1.